The molecule has 5 rings (SSSR count). The molecule has 5 nitrogen and oxygen atoms in total. The number of fused-ring (bicyclic) bond motifs is 1. The average Bonchev–Trinajstić information content (AvgIpc) is 3.17. The van der Waals surface area contributed by atoms with Gasteiger partial charge >= 0.3 is 0 Å². The molecule has 1 amide bonds. The Bertz CT molecular complexity index is 1070. The molecule has 2 aliphatic rings. The van der Waals surface area contributed by atoms with Crippen LogP contribution < -0.4 is 0 Å². The van der Waals surface area contributed by atoms with Crippen LogP contribution in [0, 0.1) is 5.92 Å². The number of aromatic nitrogens is 2. The second-order valence-corrected chi connectivity index (χ2v) is 9.71. The van der Waals surface area contributed by atoms with E-state index in [0.29, 0.717) is 5.91 Å². The van der Waals surface area contributed by atoms with Crippen LogP contribution in [0.1, 0.15) is 37.9 Å². The van der Waals surface area contributed by atoms with Crippen LogP contribution in [0.4, 0.5) is 0 Å². The van der Waals surface area contributed by atoms with E-state index in [1.54, 1.807) is 0 Å². The number of carbonyl (C=O) groups excluding carboxylic acids is 1. The van der Waals surface area contributed by atoms with Crippen molar-refractivity contribution >= 4 is 32.9 Å². The van der Waals surface area contributed by atoms with Gasteiger partial charge in [-0.15, -0.1) is 0 Å². The Morgan fingerprint density at radius 3 is 2.68 bits per heavy atom. The molecule has 1 aromatic heterocycles. The first-order valence-corrected chi connectivity index (χ1v) is 12.2. The molecular formula is C25H29BrN4O. The standard InChI is InChI=1S/C25H29BrN4O/c26-20-9-6-10-21(16-20)30-23-12-3-2-11-22(23)27-24(30)18-28-13-7-8-19(17-28)25(31)29-14-4-1-5-15-29/h2-3,6,9-12,16,19H,1,4-5,7-8,13-15,17-18H2/t19-/m1/s1. The van der Waals surface area contributed by atoms with E-state index in [9.17, 15) is 4.79 Å². The fourth-order valence-electron chi connectivity index (χ4n) is 5.06. The minimum atomic E-state index is 0.121. The normalized spacial score (nSPS) is 20.3. The van der Waals surface area contributed by atoms with Crippen LogP contribution in [0.2, 0.25) is 0 Å². The van der Waals surface area contributed by atoms with Crippen LogP contribution >= 0.6 is 15.9 Å². The van der Waals surface area contributed by atoms with Gasteiger partial charge in [-0.05, 0) is 69.0 Å². The van der Waals surface area contributed by atoms with Gasteiger partial charge in [-0.1, -0.05) is 34.1 Å². The Morgan fingerprint density at radius 2 is 1.84 bits per heavy atom. The van der Waals surface area contributed by atoms with Crippen LogP contribution in [0.15, 0.2) is 53.0 Å². The van der Waals surface area contributed by atoms with Crippen molar-refractivity contribution in [1.29, 1.82) is 0 Å². The third-order valence-corrected chi connectivity index (χ3v) is 7.08. The molecule has 2 aliphatic heterocycles. The molecule has 0 unspecified atom stereocenters. The Labute approximate surface area is 192 Å². The number of amides is 1. The fraction of sp³-hybridized carbons (Fsp3) is 0.440. The minimum Gasteiger partial charge on any atom is -0.342 e. The van der Waals surface area contributed by atoms with Gasteiger partial charge in [-0.3, -0.25) is 14.3 Å². The van der Waals surface area contributed by atoms with Gasteiger partial charge in [0.2, 0.25) is 5.91 Å². The maximum Gasteiger partial charge on any atom is 0.226 e. The largest absolute Gasteiger partial charge is 0.342 e. The zero-order chi connectivity index (χ0) is 21.2. The molecule has 3 aromatic rings. The number of halogens is 1. The van der Waals surface area contributed by atoms with Crippen LogP contribution in [-0.4, -0.2) is 51.4 Å². The third-order valence-electron chi connectivity index (χ3n) is 6.58. The summed E-state index contributed by atoms with van der Waals surface area (Å²) in [6.07, 6.45) is 5.64. The highest BCUT2D eigenvalue weighted by molar-refractivity contribution is 9.10. The SMILES string of the molecule is O=C([C@@H]1CCCN(Cc2nc3ccccc3n2-c2cccc(Br)c2)C1)N1CCCCC1. The first-order valence-electron chi connectivity index (χ1n) is 11.4. The Balaban J connectivity index is 1.40. The number of hydrogen-bond donors (Lipinski definition) is 0. The van der Waals surface area contributed by atoms with Gasteiger partial charge in [0.15, 0.2) is 0 Å². The van der Waals surface area contributed by atoms with Gasteiger partial charge in [0.05, 0.1) is 23.5 Å². The van der Waals surface area contributed by atoms with Gasteiger partial charge < -0.3 is 4.90 Å². The Hall–Kier alpha value is -2.18. The van der Waals surface area contributed by atoms with E-state index >= 15 is 0 Å². The van der Waals surface area contributed by atoms with E-state index in [-0.39, 0.29) is 5.92 Å². The molecule has 2 saturated heterocycles. The topological polar surface area (TPSA) is 41.4 Å². The van der Waals surface area contributed by atoms with Gasteiger partial charge in [0.1, 0.15) is 5.82 Å². The fourth-order valence-corrected chi connectivity index (χ4v) is 5.45. The van der Waals surface area contributed by atoms with Crippen molar-refractivity contribution in [2.75, 3.05) is 26.2 Å². The van der Waals surface area contributed by atoms with Crippen molar-refractivity contribution in [3.8, 4) is 5.69 Å². The number of benzene rings is 2. The first-order chi connectivity index (χ1) is 15.2. The van der Waals surface area contributed by atoms with Gasteiger partial charge in [0, 0.05) is 29.8 Å². The van der Waals surface area contributed by atoms with E-state index < -0.39 is 0 Å². The van der Waals surface area contributed by atoms with Crippen molar-refractivity contribution in [3.05, 3.63) is 58.8 Å². The van der Waals surface area contributed by atoms with E-state index in [0.717, 1.165) is 85.4 Å². The smallest absolute Gasteiger partial charge is 0.226 e. The van der Waals surface area contributed by atoms with Crippen molar-refractivity contribution in [2.24, 2.45) is 5.92 Å². The third kappa shape index (κ3) is 4.41. The van der Waals surface area contributed by atoms with E-state index in [2.05, 4.69) is 66.7 Å². The maximum absolute atomic E-state index is 13.1. The summed E-state index contributed by atoms with van der Waals surface area (Å²) in [6.45, 7) is 4.48. The molecule has 0 spiro atoms. The lowest BCUT2D eigenvalue weighted by atomic mass is 9.95. The summed E-state index contributed by atoms with van der Waals surface area (Å²) in [7, 11) is 0. The predicted molar refractivity (Wildman–Crippen MR) is 127 cm³/mol. The van der Waals surface area contributed by atoms with Crippen LogP contribution in [0.25, 0.3) is 16.7 Å². The van der Waals surface area contributed by atoms with E-state index in [1.807, 2.05) is 12.1 Å². The quantitative estimate of drug-likeness (QED) is 0.526. The molecule has 0 N–H and O–H groups in total. The molecule has 3 heterocycles. The van der Waals surface area contributed by atoms with Gasteiger partial charge in [-0.2, -0.15) is 0 Å². The average molecular weight is 481 g/mol. The number of para-hydroxylation sites is 2. The lowest BCUT2D eigenvalue weighted by Gasteiger charge is -2.36. The second-order valence-electron chi connectivity index (χ2n) is 8.79. The summed E-state index contributed by atoms with van der Waals surface area (Å²) >= 11 is 3.61. The molecule has 0 aliphatic carbocycles. The van der Waals surface area contributed by atoms with Crippen molar-refractivity contribution in [2.45, 2.75) is 38.6 Å². The monoisotopic (exact) mass is 480 g/mol. The molecule has 0 bridgehead atoms. The molecule has 31 heavy (non-hydrogen) atoms. The van der Waals surface area contributed by atoms with Crippen LogP contribution in [0.5, 0.6) is 0 Å². The highest BCUT2D eigenvalue weighted by atomic mass is 79.9. The number of nitrogens with zero attached hydrogens (tertiary/aromatic N) is 4. The minimum absolute atomic E-state index is 0.121. The maximum atomic E-state index is 13.1. The predicted octanol–water partition coefficient (Wildman–Crippen LogP) is 5.01. The molecule has 2 aromatic carbocycles. The molecule has 0 saturated carbocycles. The lowest BCUT2D eigenvalue weighted by Crippen LogP contribution is -2.46. The zero-order valence-corrected chi connectivity index (χ0v) is 19.4. The Morgan fingerprint density at radius 1 is 1.00 bits per heavy atom. The molecule has 0 radical (unpaired) electrons. The molecule has 162 valence electrons. The van der Waals surface area contributed by atoms with E-state index in [4.69, 9.17) is 4.98 Å². The zero-order valence-electron chi connectivity index (χ0n) is 17.8. The van der Waals surface area contributed by atoms with Gasteiger partial charge in [0.25, 0.3) is 0 Å². The first kappa shape index (κ1) is 20.7. The second kappa shape index (κ2) is 9.13. The number of likely N-dealkylation sites (tertiary alicyclic amines) is 2. The van der Waals surface area contributed by atoms with Crippen LogP contribution in [0.3, 0.4) is 0 Å². The number of rotatable bonds is 4. The molecular weight excluding hydrogens is 452 g/mol. The summed E-state index contributed by atoms with van der Waals surface area (Å²) in [6, 6.07) is 16.7. The highest BCUT2D eigenvalue weighted by Gasteiger charge is 2.30. The summed E-state index contributed by atoms with van der Waals surface area (Å²) in [5.74, 6) is 1.52. The summed E-state index contributed by atoms with van der Waals surface area (Å²) in [4.78, 5) is 22.6. The number of hydrogen-bond acceptors (Lipinski definition) is 3. The summed E-state index contributed by atoms with van der Waals surface area (Å²) < 4.78 is 3.31. The lowest BCUT2D eigenvalue weighted by molar-refractivity contribution is -0.138. The summed E-state index contributed by atoms with van der Waals surface area (Å²) in [5.41, 5.74) is 3.24. The van der Waals surface area contributed by atoms with Crippen molar-refractivity contribution in [3.63, 3.8) is 0 Å². The van der Waals surface area contributed by atoms with E-state index in [1.165, 1.54) is 6.42 Å². The Kier molecular flexibility index (Phi) is 6.10. The summed E-state index contributed by atoms with van der Waals surface area (Å²) in [5, 5.41) is 0. The highest BCUT2D eigenvalue weighted by Crippen LogP contribution is 2.27. The number of imidazole rings is 1. The van der Waals surface area contributed by atoms with Crippen molar-refractivity contribution in [1.82, 2.24) is 19.4 Å². The number of piperidine rings is 2. The van der Waals surface area contributed by atoms with Crippen molar-refractivity contribution < 1.29 is 4.79 Å². The molecule has 6 heteroatoms. The number of carbonyl (C=O) groups is 1. The van der Waals surface area contributed by atoms with Gasteiger partial charge in [-0.25, -0.2) is 4.98 Å². The molecule has 1 atom stereocenters. The van der Waals surface area contributed by atoms with Crippen LogP contribution in [-0.2, 0) is 11.3 Å². The molecule has 2 fully saturated rings.